The summed E-state index contributed by atoms with van der Waals surface area (Å²) in [4.78, 5) is 15.3. The number of carbonyl (C=O) groups is 1. The first-order valence-corrected chi connectivity index (χ1v) is 6.03. The summed E-state index contributed by atoms with van der Waals surface area (Å²) < 4.78 is 10.2. The van der Waals surface area contributed by atoms with E-state index in [-0.39, 0.29) is 19.0 Å². The van der Waals surface area contributed by atoms with Crippen molar-refractivity contribution in [3.63, 3.8) is 0 Å². The number of aromatic amines is 1. The third kappa shape index (κ3) is 3.69. The van der Waals surface area contributed by atoms with Crippen LogP contribution in [0.1, 0.15) is 23.4 Å². The van der Waals surface area contributed by atoms with Crippen LogP contribution in [0.5, 0.6) is 5.75 Å². The van der Waals surface area contributed by atoms with Gasteiger partial charge in [0.2, 0.25) is 0 Å². The van der Waals surface area contributed by atoms with Gasteiger partial charge < -0.3 is 9.47 Å². The molecule has 0 atom stereocenters. The van der Waals surface area contributed by atoms with E-state index in [1.54, 1.807) is 31.2 Å². The number of benzene rings is 1. The minimum absolute atomic E-state index is 0.00783. The number of halogens is 1. The molecule has 0 spiro atoms. The molecule has 0 fully saturated rings. The second-order valence-corrected chi connectivity index (χ2v) is 4.01. The summed E-state index contributed by atoms with van der Waals surface area (Å²) >= 11 is 5.83. The first kappa shape index (κ1) is 13.4. The molecule has 2 aromatic rings. The molecular formula is C12H12ClN3O3. The highest BCUT2D eigenvalue weighted by molar-refractivity contribution is 6.30. The maximum atomic E-state index is 11.4. The van der Waals surface area contributed by atoms with E-state index in [0.29, 0.717) is 16.6 Å². The zero-order valence-corrected chi connectivity index (χ0v) is 11.0. The van der Waals surface area contributed by atoms with Gasteiger partial charge in [-0.1, -0.05) is 17.7 Å². The van der Waals surface area contributed by atoms with Gasteiger partial charge in [0.25, 0.3) is 5.82 Å². The van der Waals surface area contributed by atoms with Crippen molar-refractivity contribution in [1.29, 1.82) is 0 Å². The first-order valence-electron chi connectivity index (χ1n) is 5.66. The number of aromatic nitrogens is 3. The van der Waals surface area contributed by atoms with Crippen LogP contribution in [0, 0.1) is 0 Å². The van der Waals surface area contributed by atoms with Gasteiger partial charge in [-0.05, 0) is 25.1 Å². The fourth-order valence-electron chi connectivity index (χ4n) is 1.36. The van der Waals surface area contributed by atoms with E-state index in [1.165, 1.54) is 0 Å². The molecule has 0 bridgehead atoms. The molecule has 7 heteroatoms. The standard InChI is InChI=1S/C12H12ClN3O3/c1-2-18-12(17)11-14-10(15-16-11)7-19-9-5-3-4-8(13)6-9/h3-6H,2,7H2,1H3,(H,14,15,16). The molecular weight excluding hydrogens is 270 g/mol. The van der Waals surface area contributed by atoms with Crippen LogP contribution < -0.4 is 4.74 Å². The zero-order valence-electron chi connectivity index (χ0n) is 10.2. The van der Waals surface area contributed by atoms with Crippen LogP contribution in [0.4, 0.5) is 0 Å². The molecule has 1 heterocycles. The Labute approximate surface area is 114 Å². The fraction of sp³-hybridized carbons (Fsp3) is 0.250. The number of H-pyrrole nitrogens is 1. The molecule has 6 nitrogen and oxygen atoms in total. The van der Waals surface area contributed by atoms with Crippen LogP contribution in [0.3, 0.4) is 0 Å². The van der Waals surface area contributed by atoms with Gasteiger partial charge in [0, 0.05) is 5.02 Å². The summed E-state index contributed by atoms with van der Waals surface area (Å²) in [6, 6.07) is 6.99. The predicted molar refractivity (Wildman–Crippen MR) is 68.1 cm³/mol. The summed E-state index contributed by atoms with van der Waals surface area (Å²) in [6.07, 6.45) is 0. The summed E-state index contributed by atoms with van der Waals surface area (Å²) in [5, 5.41) is 6.94. The Kier molecular flexibility index (Phi) is 4.35. The van der Waals surface area contributed by atoms with E-state index in [0.717, 1.165) is 0 Å². The maximum absolute atomic E-state index is 11.4. The molecule has 0 amide bonds. The number of esters is 1. The number of nitrogens with one attached hydrogen (secondary N) is 1. The lowest BCUT2D eigenvalue weighted by Crippen LogP contribution is -2.07. The maximum Gasteiger partial charge on any atom is 0.378 e. The Morgan fingerprint density at radius 1 is 1.47 bits per heavy atom. The highest BCUT2D eigenvalue weighted by atomic mass is 35.5. The normalized spacial score (nSPS) is 10.2. The van der Waals surface area contributed by atoms with Gasteiger partial charge in [-0.3, -0.25) is 5.10 Å². The van der Waals surface area contributed by atoms with Gasteiger partial charge in [-0.25, -0.2) is 9.78 Å². The number of rotatable bonds is 5. The number of carbonyl (C=O) groups excluding carboxylic acids is 1. The molecule has 1 aromatic carbocycles. The van der Waals surface area contributed by atoms with Crippen molar-refractivity contribution in [3.05, 3.63) is 40.9 Å². The molecule has 100 valence electrons. The molecule has 19 heavy (non-hydrogen) atoms. The number of ether oxygens (including phenoxy) is 2. The molecule has 2 rings (SSSR count). The van der Waals surface area contributed by atoms with E-state index >= 15 is 0 Å². The van der Waals surface area contributed by atoms with Crippen molar-refractivity contribution in [3.8, 4) is 5.75 Å². The lowest BCUT2D eigenvalue weighted by atomic mass is 10.3. The second-order valence-electron chi connectivity index (χ2n) is 3.57. The second kappa shape index (κ2) is 6.19. The highest BCUT2D eigenvalue weighted by Crippen LogP contribution is 2.17. The number of nitrogens with zero attached hydrogens (tertiary/aromatic N) is 2. The van der Waals surface area contributed by atoms with E-state index < -0.39 is 5.97 Å². The lowest BCUT2D eigenvalue weighted by molar-refractivity contribution is 0.0512. The third-order valence-corrected chi connectivity index (χ3v) is 2.40. The van der Waals surface area contributed by atoms with Crippen molar-refractivity contribution in [2.45, 2.75) is 13.5 Å². The van der Waals surface area contributed by atoms with E-state index in [2.05, 4.69) is 15.2 Å². The summed E-state index contributed by atoms with van der Waals surface area (Å²) in [6.45, 7) is 2.15. The highest BCUT2D eigenvalue weighted by Gasteiger charge is 2.13. The van der Waals surface area contributed by atoms with Crippen LogP contribution in [-0.4, -0.2) is 27.8 Å². The number of hydrogen-bond acceptors (Lipinski definition) is 5. The van der Waals surface area contributed by atoms with Gasteiger partial charge in [-0.2, -0.15) is 0 Å². The van der Waals surface area contributed by atoms with Crippen LogP contribution in [0.2, 0.25) is 5.02 Å². The largest absolute Gasteiger partial charge is 0.486 e. The quantitative estimate of drug-likeness (QED) is 0.850. The first-order chi connectivity index (χ1) is 9.19. The third-order valence-electron chi connectivity index (χ3n) is 2.16. The van der Waals surface area contributed by atoms with Crippen LogP contribution >= 0.6 is 11.6 Å². The molecule has 0 aliphatic carbocycles. The van der Waals surface area contributed by atoms with E-state index in [1.807, 2.05) is 0 Å². The van der Waals surface area contributed by atoms with Crippen molar-refractivity contribution in [2.75, 3.05) is 6.61 Å². The Balaban J connectivity index is 1.95. The SMILES string of the molecule is CCOC(=O)c1n[nH]c(COc2cccc(Cl)c2)n1. The zero-order chi connectivity index (χ0) is 13.7. The van der Waals surface area contributed by atoms with Gasteiger partial charge in [0.1, 0.15) is 12.4 Å². The molecule has 0 saturated carbocycles. The summed E-state index contributed by atoms with van der Waals surface area (Å²) in [5.74, 6) is 0.476. The molecule has 0 unspecified atom stereocenters. The van der Waals surface area contributed by atoms with Gasteiger partial charge in [0.05, 0.1) is 6.61 Å². The molecule has 1 aromatic heterocycles. The molecule has 0 aliphatic heterocycles. The van der Waals surface area contributed by atoms with Crippen molar-refractivity contribution in [1.82, 2.24) is 15.2 Å². The monoisotopic (exact) mass is 281 g/mol. The van der Waals surface area contributed by atoms with Gasteiger partial charge >= 0.3 is 5.97 Å². The predicted octanol–water partition coefficient (Wildman–Crippen LogP) is 2.21. The molecule has 0 aliphatic rings. The molecule has 0 radical (unpaired) electrons. The van der Waals surface area contributed by atoms with Crippen LogP contribution in [0.15, 0.2) is 24.3 Å². The summed E-state index contributed by atoms with van der Waals surface area (Å²) in [5.41, 5.74) is 0. The Morgan fingerprint density at radius 3 is 3.05 bits per heavy atom. The minimum Gasteiger partial charge on any atom is -0.486 e. The van der Waals surface area contributed by atoms with E-state index in [9.17, 15) is 4.79 Å². The topological polar surface area (TPSA) is 77.1 Å². The average molecular weight is 282 g/mol. The summed E-state index contributed by atoms with van der Waals surface area (Å²) in [7, 11) is 0. The Bertz CT molecular complexity index is 571. The number of hydrogen-bond donors (Lipinski definition) is 1. The van der Waals surface area contributed by atoms with Crippen molar-refractivity contribution >= 4 is 17.6 Å². The van der Waals surface area contributed by atoms with Gasteiger partial charge in [-0.15, -0.1) is 5.10 Å². The smallest absolute Gasteiger partial charge is 0.378 e. The molecule has 1 N–H and O–H groups in total. The van der Waals surface area contributed by atoms with Crippen molar-refractivity contribution in [2.24, 2.45) is 0 Å². The fourth-order valence-corrected chi connectivity index (χ4v) is 1.54. The van der Waals surface area contributed by atoms with E-state index in [4.69, 9.17) is 21.1 Å². The average Bonchev–Trinajstić information content (AvgIpc) is 2.86. The van der Waals surface area contributed by atoms with Gasteiger partial charge in [0.15, 0.2) is 5.82 Å². The van der Waals surface area contributed by atoms with Crippen LogP contribution in [-0.2, 0) is 11.3 Å². The molecule has 0 saturated heterocycles. The Morgan fingerprint density at radius 2 is 2.32 bits per heavy atom. The Hall–Kier alpha value is -2.08. The van der Waals surface area contributed by atoms with Crippen LogP contribution in [0.25, 0.3) is 0 Å². The minimum atomic E-state index is -0.562. The van der Waals surface area contributed by atoms with Crippen molar-refractivity contribution < 1.29 is 14.3 Å². The lowest BCUT2D eigenvalue weighted by Gasteiger charge is -2.03.